The second-order valence-electron chi connectivity index (χ2n) is 6.70. The molecule has 2 heterocycles. The van der Waals surface area contributed by atoms with Gasteiger partial charge in [0.25, 0.3) is 5.91 Å². The van der Waals surface area contributed by atoms with Crippen molar-refractivity contribution in [3.63, 3.8) is 0 Å². The van der Waals surface area contributed by atoms with E-state index in [0.717, 1.165) is 24.1 Å². The fourth-order valence-corrected chi connectivity index (χ4v) is 3.66. The van der Waals surface area contributed by atoms with Gasteiger partial charge in [0, 0.05) is 35.9 Å². The molecule has 0 atom stereocenters. The summed E-state index contributed by atoms with van der Waals surface area (Å²) < 4.78 is 5.32. The van der Waals surface area contributed by atoms with E-state index in [0.29, 0.717) is 30.9 Å². The third kappa shape index (κ3) is 3.71. The predicted octanol–water partition coefficient (Wildman–Crippen LogP) is 3.45. The fraction of sp³-hybridized carbons (Fsp3) is 0.300. The third-order valence-electron chi connectivity index (χ3n) is 5.07. The highest BCUT2D eigenvalue weighted by molar-refractivity contribution is 5.95. The zero-order valence-corrected chi connectivity index (χ0v) is 15.7. The first-order valence-electron chi connectivity index (χ1n) is 8.82. The molecule has 2 amide bonds. The smallest absolute Gasteiger partial charge is 0.414 e. The Hall–Kier alpha value is -2.73. The lowest BCUT2D eigenvalue weighted by molar-refractivity contribution is 0.0708. The lowest BCUT2D eigenvalue weighted by Gasteiger charge is -2.40. The van der Waals surface area contributed by atoms with Gasteiger partial charge < -0.3 is 15.4 Å². The van der Waals surface area contributed by atoms with Crippen LogP contribution in [0, 0.1) is 0 Å². The largest absolute Gasteiger partial charge is 0.444 e. The number of nitrogen functional groups attached to an aromatic ring is 1. The van der Waals surface area contributed by atoms with E-state index >= 15 is 0 Å². The molecule has 2 aliphatic heterocycles. The Morgan fingerprint density at radius 3 is 2.41 bits per heavy atom. The van der Waals surface area contributed by atoms with Crippen LogP contribution < -0.4 is 10.6 Å². The van der Waals surface area contributed by atoms with Gasteiger partial charge in [-0.1, -0.05) is 18.2 Å². The molecule has 0 radical (unpaired) electrons. The normalized spacial score (nSPS) is 17.0. The summed E-state index contributed by atoms with van der Waals surface area (Å²) in [7, 11) is 0. The molecule has 0 aliphatic carbocycles. The van der Waals surface area contributed by atoms with Gasteiger partial charge in [-0.05, 0) is 43.2 Å². The fourth-order valence-electron chi connectivity index (χ4n) is 3.66. The molecule has 2 aliphatic rings. The Morgan fingerprint density at radius 1 is 1.04 bits per heavy atom. The van der Waals surface area contributed by atoms with E-state index in [-0.39, 0.29) is 30.4 Å². The van der Waals surface area contributed by atoms with E-state index in [2.05, 4.69) is 0 Å². The van der Waals surface area contributed by atoms with Crippen molar-refractivity contribution in [1.29, 1.82) is 0 Å². The average molecular weight is 388 g/mol. The highest BCUT2D eigenvalue weighted by Gasteiger charge is 2.35. The van der Waals surface area contributed by atoms with Gasteiger partial charge in [0.05, 0.1) is 5.69 Å². The molecule has 0 spiro atoms. The Balaban J connectivity index is 0.00000210. The molecule has 2 aromatic carbocycles. The molecule has 2 N–H and O–H groups in total. The number of likely N-dealkylation sites (tertiary alicyclic amines) is 1. The van der Waals surface area contributed by atoms with E-state index in [1.807, 2.05) is 29.2 Å². The molecule has 2 aromatic rings. The number of hydrogen-bond donors (Lipinski definition) is 1. The topological polar surface area (TPSA) is 75.9 Å². The van der Waals surface area contributed by atoms with Crippen LogP contribution in [0.3, 0.4) is 0 Å². The van der Waals surface area contributed by atoms with Crippen LogP contribution in [0.5, 0.6) is 0 Å². The summed E-state index contributed by atoms with van der Waals surface area (Å²) in [6.07, 6.45) is 1.15. The average Bonchev–Trinajstić information content (AvgIpc) is 2.68. The number of carbonyl (C=O) groups is 2. The highest BCUT2D eigenvalue weighted by Crippen LogP contribution is 2.32. The van der Waals surface area contributed by atoms with Crippen molar-refractivity contribution in [3.8, 4) is 0 Å². The van der Waals surface area contributed by atoms with Crippen LogP contribution in [0.1, 0.15) is 28.8 Å². The van der Waals surface area contributed by atoms with Crippen LogP contribution >= 0.6 is 12.4 Å². The van der Waals surface area contributed by atoms with Gasteiger partial charge in [-0.15, -0.1) is 12.4 Å². The maximum Gasteiger partial charge on any atom is 0.414 e. The zero-order valence-electron chi connectivity index (χ0n) is 14.8. The third-order valence-corrected chi connectivity index (χ3v) is 5.07. The lowest BCUT2D eigenvalue weighted by atomic mass is 10.00. The molecule has 27 heavy (non-hydrogen) atoms. The molecule has 7 heteroatoms. The number of amides is 2. The van der Waals surface area contributed by atoms with Crippen molar-refractivity contribution >= 4 is 35.8 Å². The molecule has 0 saturated carbocycles. The second kappa shape index (κ2) is 7.88. The van der Waals surface area contributed by atoms with Gasteiger partial charge in [0.15, 0.2) is 0 Å². The number of nitrogens with zero attached hydrogens (tertiary/aromatic N) is 2. The van der Waals surface area contributed by atoms with Crippen molar-refractivity contribution < 1.29 is 14.3 Å². The summed E-state index contributed by atoms with van der Waals surface area (Å²) in [5, 5.41) is 0. The first-order valence-corrected chi connectivity index (χ1v) is 8.82. The number of benzene rings is 2. The monoisotopic (exact) mass is 387 g/mol. The zero-order chi connectivity index (χ0) is 18.1. The van der Waals surface area contributed by atoms with Gasteiger partial charge in [-0.2, -0.15) is 0 Å². The number of nitrogens with two attached hydrogens (primary N) is 1. The number of rotatable bonds is 2. The van der Waals surface area contributed by atoms with Gasteiger partial charge in [0.1, 0.15) is 6.61 Å². The Bertz CT molecular complexity index is 833. The number of halogens is 1. The van der Waals surface area contributed by atoms with Crippen LogP contribution in [0.4, 0.5) is 16.2 Å². The van der Waals surface area contributed by atoms with Gasteiger partial charge in [-0.3, -0.25) is 9.69 Å². The van der Waals surface area contributed by atoms with Crippen LogP contribution in [-0.2, 0) is 11.3 Å². The first kappa shape index (κ1) is 19.0. The summed E-state index contributed by atoms with van der Waals surface area (Å²) in [5.74, 6) is 0.00470. The minimum atomic E-state index is -0.299. The standard InChI is InChI=1S/C20H21N3O3.ClH/c21-16-7-5-14(6-8-16)19(24)22-11-9-17(10-12-22)23-18-4-2-1-3-15(18)13-26-20(23)25;/h1-8,17H,9-13,21H2;1H. The molecule has 0 unspecified atom stereocenters. The molecule has 1 fully saturated rings. The van der Waals surface area contributed by atoms with E-state index in [1.54, 1.807) is 29.2 Å². The molecule has 4 rings (SSSR count). The number of cyclic esters (lactones) is 1. The molecular weight excluding hydrogens is 366 g/mol. The van der Waals surface area contributed by atoms with Crippen molar-refractivity contribution in [2.75, 3.05) is 23.7 Å². The SMILES string of the molecule is Cl.Nc1ccc(C(=O)N2CCC(N3C(=O)OCc4ccccc43)CC2)cc1. The first-order chi connectivity index (χ1) is 12.6. The van der Waals surface area contributed by atoms with Gasteiger partial charge >= 0.3 is 6.09 Å². The van der Waals surface area contributed by atoms with E-state index < -0.39 is 0 Å². The predicted molar refractivity (Wildman–Crippen MR) is 106 cm³/mol. The number of para-hydroxylation sites is 1. The van der Waals surface area contributed by atoms with Crippen molar-refractivity contribution in [2.45, 2.75) is 25.5 Å². The van der Waals surface area contributed by atoms with E-state index in [4.69, 9.17) is 10.5 Å². The number of fused-ring (bicyclic) bond motifs is 1. The molecular formula is C20H22ClN3O3. The van der Waals surface area contributed by atoms with E-state index in [9.17, 15) is 9.59 Å². The van der Waals surface area contributed by atoms with Gasteiger partial charge in [-0.25, -0.2) is 4.79 Å². The Kier molecular flexibility index (Phi) is 5.56. The summed E-state index contributed by atoms with van der Waals surface area (Å²) in [6, 6.07) is 14.8. The number of piperidine rings is 1. The summed E-state index contributed by atoms with van der Waals surface area (Å²) in [6.45, 7) is 1.54. The summed E-state index contributed by atoms with van der Waals surface area (Å²) >= 11 is 0. The minimum absolute atomic E-state index is 0. The highest BCUT2D eigenvalue weighted by atomic mass is 35.5. The van der Waals surface area contributed by atoms with Crippen molar-refractivity contribution in [2.24, 2.45) is 0 Å². The molecule has 0 aromatic heterocycles. The summed E-state index contributed by atoms with van der Waals surface area (Å²) in [5.41, 5.74) is 8.91. The minimum Gasteiger partial charge on any atom is -0.444 e. The van der Waals surface area contributed by atoms with Crippen molar-refractivity contribution in [1.82, 2.24) is 4.90 Å². The Morgan fingerprint density at radius 2 is 1.70 bits per heavy atom. The van der Waals surface area contributed by atoms with Crippen LogP contribution in [0.15, 0.2) is 48.5 Å². The molecule has 1 saturated heterocycles. The molecule has 0 bridgehead atoms. The van der Waals surface area contributed by atoms with Crippen LogP contribution in [0.2, 0.25) is 0 Å². The lowest BCUT2D eigenvalue weighted by Crippen LogP contribution is -2.50. The molecule has 142 valence electrons. The van der Waals surface area contributed by atoms with E-state index in [1.165, 1.54) is 0 Å². The second-order valence-corrected chi connectivity index (χ2v) is 6.70. The van der Waals surface area contributed by atoms with Gasteiger partial charge in [0.2, 0.25) is 0 Å². The maximum atomic E-state index is 12.6. The number of anilines is 2. The van der Waals surface area contributed by atoms with Crippen LogP contribution in [-0.4, -0.2) is 36.0 Å². The molecule has 6 nitrogen and oxygen atoms in total. The van der Waals surface area contributed by atoms with Crippen molar-refractivity contribution in [3.05, 3.63) is 59.7 Å². The van der Waals surface area contributed by atoms with Crippen LogP contribution in [0.25, 0.3) is 0 Å². The maximum absolute atomic E-state index is 12.6. The Labute approximate surface area is 164 Å². The number of carbonyl (C=O) groups excluding carboxylic acids is 2. The number of ether oxygens (including phenoxy) is 1. The quantitative estimate of drug-likeness (QED) is 0.801. The summed E-state index contributed by atoms with van der Waals surface area (Å²) in [4.78, 5) is 28.6. The number of hydrogen-bond acceptors (Lipinski definition) is 4.